The Hall–Kier alpha value is -4.59. The van der Waals surface area contributed by atoms with E-state index in [9.17, 15) is 4.79 Å². The fourth-order valence-corrected chi connectivity index (χ4v) is 4.44. The van der Waals surface area contributed by atoms with Gasteiger partial charge in [-0.2, -0.15) is 0 Å². The smallest absolute Gasteiger partial charge is 0.340 e. The minimum absolute atomic E-state index is 0.221. The Morgan fingerprint density at radius 1 is 1.00 bits per heavy atom. The average molecular weight is 497 g/mol. The number of benzene rings is 3. The lowest BCUT2D eigenvalue weighted by molar-refractivity contribution is 0.0527. The standard InChI is InChI=1S/C29H28N4O4/c1-4-36-29(34)28-20(2)32(17-21-10-6-5-7-11-21)25-15-14-23(16-24(25)28)37-19-22-18-33(31-30-22)26-12-8-9-13-27(26)35-3/h5-16,18H,4,17,19H2,1-3H3. The van der Waals surface area contributed by atoms with Crippen LogP contribution >= 0.6 is 0 Å². The summed E-state index contributed by atoms with van der Waals surface area (Å²) in [6, 6.07) is 23.5. The van der Waals surface area contributed by atoms with Crippen molar-refractivity contribution < 1.29 is 19.0 Å². The third kappa shape index (κ3) is 4.91. The van der Waals surface area contributed by atoms with E-state index in [0.29, 0.717) is 35.9 Å². The van der Waals surface area contributed by atoms with Gasteiger partial charge in [0, 0.05) is 23.1 Å². The Morgan fingerprint density at radius 2 is 1.78 bits per heavy atom. The molecule has 5 aromatic rings. The van der Waals surface area contributed by atoms with Crippen LogP contribution in [0.5, 0.6) is 11.5 Å². The quantitative estimate of drug-likeness (QED) is 0.256. The van der Waals surface area contributed by atoms with Crippen molar-refractivity contribution in [1.82, 2.24) is 19.6 Å². The zero-order chi connectivity index (χ0) is 25.8. The van der Waals surface area contributed by atoms with Gasteiger partial charge in [-0.25, -0.2) is 9.48 Å². The molecular formula is C29H28N4O4. The number of methoxy groups -OCH3 is 1. The van der Waals surface area contributed by atoms with Crippen molar-refractivity contribution in [2.45, 2.75) is 27.0 Å². The highest BCUT2D eigenvalue weighted by atomic mass is 16.5. The summed E-state index contributed by atoms with van der Waals surface area (Å²) < 4.78 is 20.7. The number of para-hydroxylation sites is 2. The summed E-state index contributed by atoms with van der Waals surface area (Å²) in [7, 11) is 1.62. The number of carbonyl (C=O) groups excluding carboxylic acids is 1. The number of ether oxygens (including phenoxy) is 3. The normalized spacial score (nSPS) is 11.0. The highest BCUT2D eigenvalue weighted by Crippen LogP contribution is 2.31. The number of nitrogens with zero attached hydrogens (tertiary/aromatic N) is 4. The van der Waals surface area contributed by atoms with Crippen LogP contribution in [-0.4, -0.2) is 39.2 Å². The van der Waals surface area contributed by atoms with Crippen molar-refractivity contribution in [3.63, 3.8) is 0 Å². The highest BCUT2D eigenvalue weighted by molar-refractivity contribution is 6.06. The summed E-state index contributed by atoms with van der Waals surface area (Å²) in [4.78, 5) is 12.9. The molecule has 37 heavy (non-hydrogen) atoms. The molecule has 0 radical (unpaired) electrons. The van der Waals surface area contributed by atoms with Gasteiger partial charge >= 0.3 is 5.97 Å². The van der Waals surface area contributed by atoms with E-state index < -0.39 is 0 Å². The van der Waals surface area contributed by atoms with Crippen LogP contribution in [-0.2, 0) is 17.9 Å². The lowest BCUT2D eigenvalue weighted by atomic mass is 10.1. The Balaban J connectivity index is 1.43. The van der Waals surface area contributed by atoms with E-state index in [1.54, 1.807) is 18.0 Å². The van der Waals surface area contributed by atoms with E-state index in [4.69, 9.17) is 14.2 Å². The zero-order valence-corrected chi connectivity index (χ0v) is 21.0. The van der Waals surface area contributed by atoms with Gasteiger partial charge in [-0.15, -0.1) is 5.10 Å². The van der Waals surface area contributed by atoms with Gasteiger partial charge in [-0.1, -0.05) is 47.7 Å². The van der Waals surface area contributed by atoms with Gasteiger partial charge in [0.2, 0.25) is 0 Å². The maximum atomic E-state index is 12.9. The average Bonchev–Trinajstić information content (AvgIpc) is 3.50. The lowest BCUT2D eigenvalue weighted by Gasteiger charge is -2.09. The van der Waals surface area contributed by atoms with Crippen LogP contribution in [0.1, 0.15) is 34.2 Å². The number of hydrogen-bond acceptors (Lipinski definition) is 6. The summed E-state index contributed by atoms with van der Waals surface area (Å²) in [5.74, 6) is 0.989. The third-order valence-electron chi connectivity index (χ3n) is 6.22. The zero-order valence-electron chi connectivity index (χ0n) is 21.0. The summed E-state index contributed by atoms with van der Waals surface area (Å²) in [6.07, 6.45) is 1.81. The van der Waals surface area contributed by atoms with Gasteiger partial charge in [0.1, 0.15) is 29.5 Å². The molecule has 0 aliphatic rings. The molecule has 0 aliphatic carbocycles. The van der Waals surface area contributed by atoms with E-state index in [0.717, 1.165) is 27.8 Å². The molecule has 0 spiro atoms. The molecule has 5 rings (SSSR count). The van der Waals surface area contributed by atoms with E-state index in [1.807, 2.05) is 74.5 Å². The fourth-order valence-electron chi connectivity index (χ4n) is 4.44. The van der Waals surface area contributed by atoms with Crippen LogP contribution in [0, 0.1) is 6.92 Å². The number of esters is 1. The van der Waals surface area contributed by atoms with Gasteiger partial charge in [0.25, 0.3) is 0 Å². The fraction of sp³-hybridized carbons (Fsp3) is 0.207. The monoisotopic (exact) mass is 496 g/mol. The minimum atomic E-state index is -0.339. The van der Waals surface area contributed by atoms with Crippen LogP contribution < -0.4 is 9.47 Å². The Morgan fingerprint density at radius 3 is 2.57 bits per heavy atom. The number of hydrogen-bond donors (Lipinski definition) is 0. The molecule has 188 valence electrons. The first-order valence-corrected chi connectivity index (χ1v) is 12.1. The van der Waals surface area contributed by atoms with Gasteiger partial charge in [-0.05, 0) is 49.7 Å². The molecule has 0 aliphatic heterocycles. The summed E-state index contributed by atoms with van der Waals surface area (Å²) in [5, 5.41) is 9.24. The van der Waals surface area contributed by atoms with Crippen LogP contribution in [0.15, 0.2) is 79.0 Å². The molecule has 3 aromatic carbocycles. The SMILES string of the molecule is CCOC(=O)c1c(C)n(Cc2ccccc2)c2ccc(OCc3cn(-c4ccccc4OC)nn3)cc12. The van der Waals surface area contributed by atoms with Gasteiger partial charge in [0.15, 0.2) is 0 Å². The second kappa shape index (κ2) is 10.6. The number of rotatable bonds is 9. The van der Waals surface area contributed by atoms with Crippen molar-refractivity contribution in [3.05, 3.63) is 102 Å². The van der Waals surface area contributed by atoms with E-state index in [2.05, 4.69) is 27.0 Å². The van der Waals surface area contributed by atoms with Crippen molar-refractivity contribution in [1.29, 1.82) is 0 Å². The lowest BCUT2D eigenvalue weighted by Crippen LogP contribution is -2.08. The van der Waals surface area contributed by atoms with E-state index in [-0.39, 0.29) is 12.6 Å². The summed E-state index contributed by atoms with van der Waals surface area (Å²) >= 11 is 0. The topological polar surface area (TPSA) is 80.4 Å². The second-order valence-corrected chi connectivity index (χ2v) is 8.55. The number of fused-ring (bicyclic) bond motifs is 1. The van der Waals surface area contributed by atoms with Gasteiger partial charge < -0.3 is 18.8 Å². The van der Waals surface area contributed by atoms with Crippen LogP contribution in [0.4, 0.5) is 0 Å². The molecule has 0 bridgehead atoms. The minimum Gasteiger partial charge on any atom is -0.494 e. The molecule has 0 saturated carbocycles. The highest BCUT2D eigenvalue weighted by Gasteiger charge is 2.22. The first kappa shape index (κ1) is 24.1. The molecule has 0 N–H and O–H groups in total. The molecule has 0 amide bonds. The second-order valence-electron chi connectivity index (χ2n) is 8.55. The first-order valence-electron chi connectivity index (χ1n) is 12.1. The number of carbonyl (C=O) groups is 1. The van der Waals surface area contributed by atoms with Crippen molar-refractivity contribution in [2.24, 2.45) is 0 Å². The molecular weight excluding hydrogens is 468 g/mol. The molecule has 0 atom stereocenters. The molecule has 0 fully saturated rings. The maximum Gasteiger partial charge on any atom is 0.340 e. The van der Waals surface area contributed by atoms with Crippen molar-refractivity contribution >= 4 is 16.9 Å². The third-order valence-corrected chi connectivity index (χ3v) is 6.22. The van der Waals surface area contributed by atoms with E-state index >= 15 is 0 Å². The van der Waals surface area contributed by atoms with Gasteiger partial charge in [-0.3, -0.25) is 0 Å². The Bertz CT molecular complexity index is 1540. The Kier molecular flexibility index (Phi) is 6.89. The predicted molar refractivity (Wildman–Crippen MR) is 140 cm³/mol. The van der Waals surface area contributed by atoms with Crippen LogP contribution in [0.3, 0.4) is 0 Å². The Labute approximate surface area is 215 Å². The molecule has 0 saturated heterocycles. The molecule has 2 aromatic heterocycles. The van der Waals surface area contributed by atoms with E-state index in [1.165, 1.54) is 0 Å². The van der Waals surface area contributed by atoms with Crippen LogP contribution in [0.25, 0.3) is 16.6 Å². The van der Waals surface area contributed by atoms with Gasteiger partial charge in [0.05, 0.1) is 25.5 Å². The molecule has 0 unspecified atom stereocenters. The van der Waals surface area contributed by atoms with Crippen molar-refractivity contribution in [3.8, 4) is 17.2 Å². The van der Waals surface area contributed by atoms with Crippen molar-refractivity contribution in [2.75, 3.05) is 13.7 Å². The van der Waals surface area contributed by atoms with Crippen LogP contribution in [0.2, 0.25) is 0 Å². The summed E-state index contributed by atoms with van der Waals surface area (Å²) in [5.41, 5.74) is 4.96. The predicted octanol–water partition coefficient (Wildman–Crippen LogP) is 5.34. The maximum absolute atomic E-state index is 12.9. The molecule has 8 heteroatoms. The molecule has 8 nitrogen and oxygen atoms in total. The summed E-state index contributed by atoms with van der Waals surface area (Å²) in [6.45, 7) is 4.94. The largest absolute Gasteiger partial charge is 0.494 e. The molecule has 2 heterocycles. The number of aromatic nitrogens is 4. The first-order chi connectivity index (χ1) is 18.1.